The fourth-order valence-corrected chi connectivity index (χ4v) is 0.286. The molecule has 8 heavy (non-hydrogen) atoms. The Morgan fingerprint density at radius 1 is 1.25 bits per heavy atom. The van der Waals surface area contributed by atoms with Crippen molar-refractivity contribution in [3.05, 3.63) is 0 Å². The van der Waals surface area contributed by atoms with Gasteiger partial charge in [-0.3, -0.25) is 0 Å². The number of hydrogen-bond donors (Lipinski definition) is 0. The predicted molar refractivity (Wildman–Crippen MR) is 25.1 cm³/mol. The van der Waals surface area contributed by atoms with E-state index in [-0.39, 0.29) is 15.2 Å². The van der Waals surface area contributed by atoms with E-state index in [0.717, 1.165) is 0 Å². The van der Waals surface area contributed by atoms with Crippen LogP contribution in [-0.2, 0) is 34.0 Å². The molecule has 0 heterocycles. The maximum absolute atomic E-state index is 10.4. The Balaban J connectivity index is 3.83. The molecule has 0 aliphatic heterocycles. The third kappa shape index (κ3) is 2.50. The van der Waals surface area contributed by atoms with Crippen LogP contribution in [0.4, 0.5) is 0 Å². The van der Waals surface area contributed by atoms with Crippen LogP contribution in [0.5, 0.6) is 0 Å². The molecule has 42 valence electrons. The molecule has 0 saturated heterocycles. The van der Waals surface area contributed by atoms with E-state index in [1.54, 1.807) is 0 Å². The van der Waals surface area contributed by atoms with Crippen LogP contribution in [0.25, 0.3) is 0 Å². The minimum absolute atomic E-state index is 0.0301. The van der Waals surface area contributed by atoms with E-state index >= 15 is 0 Å². The van der Waals surface area contributed by atoms with Gasteiger partial charge in [-0.2, -0.15) is 0 Å². The first kappa shape index (κ1) is 8.21. The Labute approximate surface area is 63.2 Å². The van der Waals surface area contributed by atoms with E-state index in [1.165, 1.54) is 38.2 Å². The van der Waals surface area contributed by atoms with Crippen LogP contribution in [0.3, 0.4) is 0 Å². The molecule has 0 amide bonds. The molecule has 3 heteroatoms. The number of carbonyl (C=O) groups excluding carboxylic acids is 2. The third-order valence-electron chi connectivity index (χ3n) is 0.876. The molecule has 0 fully saturated rings. The van der Waals surface area contributed by atoms with Gasteiger partial charge in [0.1, 0.15) is 0 Å². The van der Waals surface area contributed by atoms with Crippen molar-refractivity contribution in [2.24, 2.45) is 0 Å². The van der Waals surface area contributed by atoms with Crippen molar-refractivity contribution in [2.45, 2.75) is 17.5 Å². The van der Waals surface area contributed by atoms with Gasteiger partial charge in [-0.15, -0.1) is 0 Å². The third-order valence-corrected chi connectivity index (χ3v) is 2.34. The van der Waals surface area contributed by atoms with Crippen molar-refractivity contribution in [1.82, 2.24) is 0 Å². The number of hydrogen-bond acceptors (Lipinski definition) is 2. The molecule has 0 atom stereocenters. The summed E-state index contributed by atoms with van der Waals surface area (Å²) < 4.78 is -0.345. The monoisotopic (exact) mass is 144 g/mol. The standard InChI is InChI=1S/C5H7O2.Sc/c1-4(6)3-5(2)7;/h3H,1-2H3;. The summed E-state index contributed by atoms with van der Waals surface area (Å²) in [6.07, 6.45) is 0. The van der Waals surface area contributed by atoms with Crippen LogP contribution < -0.4 is 0 Å². The molecule has 0 unspecified atom stereocenters. The quantitative estimate of drug-likeness (QED) is 0.529. The van der Waals surface area contributed by atoms with E-state index in [2.05, 4.69) is 0 Å². The Morgan fingerprint density at radius 2 is 1.50 bits per heavy atom. The van der Waals surface area contributed by atoms with Gasteiger partial charge in [0.15, 0.2) is 0 Å². The molecular weight excluding hydrogens is 137 g/mol. The molecule has 0 spiro atoms. The van der Waals surface area contributed by atoms with Gasteiger partial charge >= 0.3 is 63.1 Å². The second kappa shape index (κ2) is 3.28. The molecule has 0 aliphatic rings. The van der Waals surface area contributed by atoms with Crippen LogP contribution in [0, 0.1) is 0 Å². The molecule has 0 bridgehead atoms. The molecule has 0 aromatic heterocycles. The zero-order valence-electron chi connectivity index (χ0n) is 4.97. The zero-order chi connectivity index (χ0) is 6.73. The normalized spacial score (nSPS) is 9.25. The molecule has 0 aliphatic carbocycles. The van der Waals surface area contributed by atoms with E-state index in [4.69, 9.17) is 0 Å². The van der Waals surface area contributed by atoms with Gasteiger partial charge in [0.05, 0.1) is 0 Å². The average molecular weight is 144 g/mol. The Morgan fingerprint density at radius 3 is 1.50 bits per heavy atom. The number of ketones is 2. The maximum atomic E-state index is 10.4. The van der Waals surface area contributed by atoms with Crippen molar-refractivity contribution in [1.29, 1.82) is 0 Å². The molecule has 0 aromatic carbocycles. The summed E-state index contributed by atoms with van der Waals surface area (Å²) in [7, 11) is 0. The summed E-state index contributed by atoms with van der Waals surface area (Å²) in [6, 6.07) is 0. The van der Waals surface area contributed by atoms with Crippen LogP contribution in [-0.4, -0.2) is 11.6 Å². The van der Waals surface area contributed by atoms with Gasteiger partial charge in [-0.1, -0.05) is 0 Å². The van der Waals surface area contributed by atoms with Gasteiger partial charge in [-0.25, -0.2) is 0 Å². The molecule has 0 radical (unpaired) electrons. The van der Waals surface area contributed by atoms with Gasteiger partial charge in [-0.05, 0) is 0 Å². The first-order valence-corrected chi connectivity index (χ1v) is 3.36. The second-order valence-electron chi connectivity index (χ2n) is 1.70. The molecule has 2 nitrogen and oxygen atoms in total. The van der Waals surface area contributed by atoms with Crippen molar-refractivity contribution in [3.63, 3.8) is 0 Å². The molecule has 0 rings (SSSR count). The molecular formula is C5H7O2Sc. The second-order valence-corrected chi connectivity index (χ2v) is 2.74. The van der Waals surface area contributed by atoms with E-state index in [1.807, 2.05) is 0 Å². The first-order valence-electron chi connectivity index (χ1n) is 2.32. The summed E-state index contributed by atoms with van der Waals surface area (Å²) in [5, 5.41) is 0. The Hall–Kier alpha value is 0.210. The SMILES string of the molecule is CC(=O)[CH]([Sc])C(C)=O. The van der Waals surface area contributed by atoms with Gasteiger partial charge in [0.25, 0.3) is 0 Å². The Bertz CT molecular complexity index is 106. The number of rotatable bonds is 2. The van der Waals surface area contributed by atoms with Crippen LogP contribution in [0.15, 0.2) is 0 Å². The van der Waals surface area contributed by atoms with E-state index < -0.39 is 0 Å². The number of Topliss-reactive ketones (excluding diaryl/α,β-unsaturated/α-hetero) is 2. The fraction of sp³-hybridized carbons (Fsp3) is 0.600. The summed E-state index contributed by atoms with van der Waals surface area (Å²) in [5.74, 6) is -0.0602. The van der Waals surface area contributed by atoms with Gasteiger partial charge in [0.2, 0.25) is 0 Å². The van der Waals surface area contributed by atoms with Gasteiger partial charge < -0.3 is 0 Å². The van der Waals surface area contributed by atoms with E-state index in [0.29, 0.717) is 0 Å². The summed E-state index contributed by atoms with van der Waals surface area (Å²) >= 11 is 1.19. The summed E-state index contributed by atoms with van der Waals surface area (Å²) in [4.78, 5) is 20.8. The minimum atomic E-state index is -0.345. The predicted octanol–water partition coefficient (Wildman–Crippen LogP) is 0.500. The van der Waals surface area contributed by atoms with Crippen molar-refractivity contribution >= 4 is 11.6 Å². The fourth-order valence-electron chi connectivity index (χ4n) is 0.286. The van der Waals surface area contributed by atoms with E-state index in [9.17, 15) is 9.59 Å². The Kier molecular flexibility index (Phi) is 3.36. The molecule has 0 saturated carbocycles. The van der Waals surface area contributed by atoms with Gasteiger partial charge in [0, 0.05) is 0 Å². The van der Waals surface area contributed by atoms with Crippen molar-refractivity contribution in [3.8, 4) is 0 Å². The zero-order valence-corrected chi connectivity index (χ0v) is 6.77. The van der Waals surface area contributed by atoms with Crippen LogP contribution >= 0.6 is 0 Å². The molecule has 0 aromatic rings. The number of carbonyl (C=O) groups is 2. The first-order chi connectivity index (χ1) is 3.55. The van der Waals surface area contributed by atoms with Crippen LogP contribution in [0.1, 0.15) is 13.8 Å². The topological polar surface area (TPSA) is 34.1 Å². The van der Waals surface area contributed by atoms with Crippen molar-refractivity contribution < 1.29 is 34.0 Å². The van der Waals surface area contributed by atoms with Crippen molar-refractivity contribution in [2.75, 3.05) is 0 Å². The average Bonchev–Trinajstić information content (AvgIpc) is 1.64. The summed E-state index contributed by atoms with van der Waals surface area (Å²) in [6.45, 7) is 2.88. The molecule has 0 N–H and O–H groups in total. The summed E-state index contributed by atoms with van der Waals surface area (Å²) in [5.41, 5.74) is 0. The van der Waals surface area contributed by atoms with Crippen LogP contribution in [0.2, 0.25) is 3.67 Å².